The fourth-order valence-corrected chi connectivity index (χ4v) is 1.37. The van der Waals surface area contributed by atoms with Crippen LogP contribution in [0, 0.1) is 0 Å². The first-order valence-corrected chi connectivity index (χ1v) is 6.91. The van der Waals surface area contributed by atoms with Gasteiger partial charge in [0.05, 0.1) is 0 Å². The van der Waals surface area contributed by atoms with Gasteiger partial charge < -0.3 is 4.43 Å². The van der Waals surface area contributed by atoms with E-state index in [9.17, 15) is 9.90 Å². The van der Waals surface area contributed by atoms with Crippen molar-refractivity contribution in [2.24, 2.45) is 0 Å². The third-order valence-corrected chi connectivity index (χ3v) is 6.84. The fraction of sp³-hybridized carbons (Fsp3) is 0.875. The van der Waals surface area contributed by atoms with E-state index in [4.69, 9.17) is 4.43 Å². The lowest BCUT2D eigenvalue weighted by atomic mass is 10.2. The van der Waals surface area contributed by atoms with Gasteiger partial charge in [0.2, 0.25) is 0 Å². The Kier molecular flexibility index (Phi) is 3.47. The maximum absolute atomic E-state index is 10.2. The minimum Gasteiger partial charge on any atom is -0.406 e. The van der Waals surface area contributed by atoms with Crippen LogP contribution < -0.4 is 0 Å². The van der Waals surface area contributed by atoms with Crippen LogP contribution in [0.25, 0.3) is 0 Å². The average molecular weight is 189 g/mol. The molecule has 0 heterocycles. The van der Waals surface area contributed by atoms with Crippen molar-refractivity contribution in [3.63, 3.8) is 0 Å². The molecular weight excluding hydrogens is 172 g/mol. The van der Waals surface area contributed by atoms with Gasteiger partial charge in [-0.25, -0.2) is 9.90 Å². The monoisotopic (exact) mass is 189 g/mol. The average Bonchev–Trinajstić information content (AvgIpc) is 1.81. The molecule has 0 unspecified atom stereocenters. The van der Waals surface area contributed by atoms with Gasteiger partial charge in [-0.05, 0) is 18.1 Å². The van der Waals surface area contributed by atoms with Gasteiger partial charge in [-0.3, -0.25) is 0 Å². The Labute approximate surface area is 74.9 Å². The largest absolute Gasteiger partial charge is 0.406 e. The zero-order valence-electron chi connectivity index (χ0n) is 8.43. The molecular formula is C8H17O3Si. The van der Waals surface area contributed by atoms with Crippen LogP contribution in [-0.2, 0) is 14.3 Å². The highest BCUT2D eigenvalue weighted by Gasteiger charge is 2.37. The molecule has 0 aromatic rings. The minimum absolute atomic E-state index is 0.0580. The zero-order valence-corrected chi connectivity index (χ0v) is 9.43. The molecule has 0 N–H and O–H groups in total. The van der Waals surface area contributed by atoms with Crippen molar-refractivity contribution in [1.82, 2.24) is 0 Å². The first-order chi connectivity index (χ1) is 5.17. The van der Waals surface area contributed by atoms with Crippen molar-refractivity contribution in [3.05, 3.63) is 0 Å². The molecule has 0 spiro atoms. The second-order valence-electron chi connectivity index (χ2n) is 4.42. The topological polar surface area (TPSA) is 46.2 Å². The Balaban J connectivity index is 4.14. The molecule has 0 bridgehead atoms. The summed E-state index contributed by atoms with van der Waals surface area (Å²) in [5, 5.41) is 10.2. The molecule has 1 radical (unpaired) electrons. The van der Waals surface area contributed by atoms with E-state index >= 15 is 0 Å². The molecule has 0 atom stereocenters. The summed E-state index contributed by atoms with van der Waals surface area (Å²) >= 11 is 0. The van der Waals surface area contributed by atoms with Gasteiger partial charge in [0, 0.05) is 0 Å². The van der Waals surface area contributed by atoms with Crippen molar-refractivity contribution in [3.8, 4) is 0 Å². The number of hydrogen-bond acceptors (Lipinski definition) is 2. The molecule has 0 fully saturated rings. The lowest BCUT2D eigenvalue weighted by Crippen LogP contribution is -2.41. The first kappa shape index (κ1) is 11.6. The summed E-state index contributed by atoms with van der Waals surface area (Å²) in [6, 6.07) is 0. The number of hydrogen-bond donors (Lipinski definition) is 0. The van der Waals surface area contributed by atoms with Crippen LogP contribution in [0.4, 0.5) is 0 Å². The fourth-order valence-electron chi connectivity index (χ4n) is 0.456. The van der Waals surface area contributed by atoms with E-state index in [2.05, 4.69) is 20.8 Å². The van der Waals surface area contributed by atoms with E-state index in [1.165, 1.54) is 0 Å². The summed E-state index contributed by atoms with van der Waals surface area (Å²) in [6.07, 6.45) is 0. The van der Waals surface area contributed by atoms with Crippen LogP contribution in [0.3, 0.4) is 0 Å². The Bertz CT molecular complexity index is 170. The summed E-state index contributed by atoms with van der Waals surface area (Å²) in [4.78, 5) is 10.2. The summed E-state index contributed by atoms with van der Waals surface area (Å²) in [7, 11) is -1.89. The molecule has 0 aliphatic heterocycles. The lowest BCUT2D eigenvalue weighted by Gasteiger charge is -2.35. The smallest absolute Gasteiger partial charge is 0.379 e. The molecule has 0 rings (SSSR count). The molecule has 0 aromatic heterocycles. The van der Waals surface area contributed by atoms with Crippen molar-refractivity contribution >= 4 is 14.3 Å². The van der Waals surface area contributed by atoms with Crippen LogP contribution >= 0.6 is 0 Å². The molecule has 12 heavy (non-hydrogen) atoms. The zero-order chi connectivity index (χ0) is 9.99. The lowest BCUT2D eigenvalue weighted by molar-refractivity contribution is -0.145. The van der Waals surface area contributed by atoms with Crippen LogP contribution in [0.15, 0.2) is 0 Å². The maximum atomic E-state index is 10.2. The molecule has 4 heteroatoms. The second-order valence-corrected chi connectivity index (χ2v) is 9.23. The van der Waals surface area contributed by atoms with Crippen LogP contribution in [0.2, 0.25) is 18.1 Å². The normalized spacial score (nSPS) is 13.1. The van der Waals surface area contributed by atoms with Gasteiger partial charge >= 0.3 is 5.97 Å². The number of carbonyl (C=O) groups excluding carboxylic acids is 1. The van der Waals surface area contributed by atoms with E-state index in [0.29, 0.717) is 0 Å². The van der Waals surface area contributed by atoms with Crippen molar-refractivity contribution < 1.29 is 14.3 Å². The molecule has 3 nitrogen and oxygen atoms in total. The van der Waals surface area contributed by atoms with Crippen LogP contribution in [-0.4, -0.2) is 20.9 Å². The highest BCUT2D eigenvalue weighted by molar-refractivity contribution is 6.74. The standard InChI is InChI=1S/C8H17O3Si/c1-8(2,3)12(4,5)11-6-7(9)10/h6H2,1-5H3. The highest BCUT2D eigenvalue weighted by atomic mass is 28.4. The third kappa shape index (κ3) is 3.36. The predicted octanol–water partition coefficient (Wildman–Crippen LogP) is 1.97. The maximum Gasteiger partial charge on any atom is 0.379 e. The molecule has 0 aliphatic carbocycles. The van der Waals surface area contributed by atoms with E-state index in [0.717, 1.165) is 0 Å². The Morgan fingerprint density at radius 1 is 1.33 bits per heavy atom. The Hall–Kier alpha value is -0.353. The third-order valence-electron chi connectivity index (χ3n) is 2.36. The Morgan fingerprint density at radius 2 is 1.75 bits per heavy atom. The summed E-state index contributed by atoms with van der Waals surface area (Å²) in [5.41, 5.74) is 0. The number of rotatable bonds is 3. The highest BCUT2D eigenvalue weighted by Crippen LogP contribution is 2.36. The first-order valence-electron chi connectivity index (χ1n) is 4.00. The van der Waals surface area contributed by atoms with Gasteiger partial charge in [0.15, 0.2) is 8.32 Å². The molecule has 0 saturated heterocycles. The molecule has 0 amide bonds. The molecule has 0 saturated carbocycles. The SMILES string of the molecule is CC(C)(C)[Si](C)(C)OCC([O])=O. The van der Waals surface area contributed by atoms with E-state index in [1.807, 2.05) is 13.1 Å². The molecule has 0 aromatic carbocycles. The van der Waals surface area contributed by atoms with Crippen molar-refractivity contribution in [2.75, 3.05) is 6.61 Å². The van der Waals surface area contributed by atoms with Gasteiger partial charge in [-0.2, -0.15) is 0 Å². The Morgan fingerprint density at radius 3 is 2.00 bits per heavy atom. The minimum atomic E-state index is -1.89. The van der Waals surface area contributed by atoms with Gasteiger partial charge in [-0.15, -0.1) is 0 Å². The van der Waals surface area contributed by atoms with Crippen molar-refractivity contribution in [2.45, 2.75) is 38.9 Å². The van der Waals surface area contributed by atoms with E-state index < -0.39 is 14.3 Å². The van der Waals surface area contributed by atoms with Crippen LogP contribution in [0.1, 0.15) is 20.8 Å². The van der Waals surface area contributed by atoms with Crippen molar-refractivity contribution in [1.29, 1.82) is 0 Å². The van der Waals surface area contributed by atoms with Gasteiger partial charge in [-0.1, -0.05) is 20.8 Å². The second kappa shape index (κ2) is 3.58. The van der Waals surface area contributed by atoms with Gasteiger partial charge in [0.25, 0.3) is 0 Å². The molecule has 0 aliphatic rings. The van der Waals surface area contributed by atoms with Gasteiger partial charge in [0.1, 0.15) is 6.61 Å². The molecule has 71 valence electrons. The number of carbonyl (C=O) groups is 1. The van der Waals surface area contributed by atoms with E-state index in [1.54, 1.807) is 0 Å². The van der Waals surface area contributed by atoms with Crippen LogP contribution in [0.5, 0.6) is 0 Å². The summed E-state index contributed by atoms with van der Waals surface area (Å²) in [6.45, 7) is 9.93. The quantitative estimate of drug-likeness (QED) is 0.637. The predicted molar refractivity (Wildman–Crippen MR) is 48.8 cm³/mol. The summed E-state index contributed by atoms with van der Waals surface area (Å²) in [5.74, 6) is -1.14. The summed E-state index contributed by atoms with van der Waals surface area (Å²) < 4.78 is 5.33. The van der Waals surface area contributed by atoms with E-state index in [-0.39, 0.29) is 11.6 Å².